The number of fused-ring (bicyclic) bond motifs is 1. The Bertz CT molecular complexity index is 494. The Hall–Kier alpha value is -1.35. The van der Waals surface area contributed by atoms with Crippen molar-refractivity contribution < 1.29 is 4.79 Å². The van der Waals surface area contributed by atoms with E-state index in [1.807, 2.05) is 24.1 Å². The summed E-state index contributed by atoms with van der Waals surface area (Å²) in [5.41, 5.74) is 1.75. The van der Waals surface area contributed by atoms with Crippen LogP contribution in [-0.4, -0.2) is 30.9 Å². The first-order chi connectivity index (χ1) is 9.48. The van der Waals surface area contributed by atoms with Crippen molar-refractivity contribution >= 4 is 11.6 Å². The third kappa shape index (κ3) is 2.05. The van der Waals surface area contributed by atoms with Crippen molar-refractivity contribution in [2.75, 3.05) is 25.0 Å². The van der Waals surface area contributed by atoms with Crippen molar-refractivity contribution in [2.24, 2.45) is 5.92 Å². The first-order valence-corrected chi connectivity index (χ1v) is 7.61. The van der Waals surface area contributed by atoms with E-state index in [2.05, 4.69) is 44.7 Å². The summed E-state index contributed by atoms with van der Waals surface area (Å²) in [5.74, 6) is 0.690. The molecule has 1 amide bonds. The number of hydrogen-bond donors (Lipinski definition) is 0. The second kappa shape index (κ2) is 5.57. The summed E-state index contributed by atoms with van der Waals surface area (Å²) < 4.78 is 0. The summed E-state index contributed by atoms with van der Waals surface area (Å²) in [5, 5.41) is 0. The molecule has 1 aliphatic rings. The summed E-state index contributed by atoms with van der Waals surface area (Å²) in [6.07, 6.45) is 0.870. The summed E-state index contributed by atoms with van der Waals surface area (Å²) in [6.45, 7) is 10.4. The lowest BCUT2D eigenvalue weighted by atomic mass is 9.81. The average molecular weight is 274 g/mol. The van der Waals surface area contributed by atoms with Crippen LogP contribution in [0.3, 0.4) is 0 Å². The van der Waals surface area contributed by atoms with E-state index in [1.54, 1.807) is 0 Å². The normalized spacial score (nSPS) is 21.9. The Morgan fingerprint density at radius 3 is 2.35 bits per heavy atom. The van der Waals surface area contributed by atoms with E-state index >= 15 is 0 Å². The minimum atomic E-state index is -0.483. The van der Waals surface area contributed by atoms with Crippen LogP contribution in [0.1, 0.15) is 39.7 Å². The van der Waals surface area contributed by atoms with Gasteiger partial charge in [-0.2, -0.15) is 0 Å². The van der Waals surface area contributed by atoms with E-state index in [0.717, 1.165) is 25.2 Å². The smallest absolute Gasteiger partial charge is 0.251 e. The summed E-state index contributed by atoms with van der Waals surface area (Å²) in [6, 6.07) is 8.23. The van der Waals surface area contributed by atoms with Gasteiger partial charge in [-0.1, -0.05) is 45.9 Å². The Kier molecular flexibility index (Phi) is 4.19. The molecule has 1 atom stereocenters. The van der Waals surface area contributed by atoms with Gasteiger partial charge in [0.05, 0.1) is 0 Å². The monoisotopic (exact) mass is 274 g/mol. The number of benzene rings is 1. The molecule has 3 nitrogen and oxygen atoms in total. The van der Waals surface area contributed by atoms with Crippen molar-refractivity contribution in [3.05, 3.63) is 29.8 Å². The number of hydrogen-bond acceptors (Lipinski definition) is 2. The van der Waals surface area contributed by atoms with Crippen molar-refractivity contribution in [3.63, 3.8) is 0 Å². The maximum atomic E-state index is 13.1. The van der Waals surface area contributed by atoms with E-state index in [1.165, 1.54) is 5.56 Å². The van der Waals surface area contributed by atoms with E-state index in [9.17, 15) is 4.79 Å². The standard InChI is InChI=1S/C17H26N2O/c1-6-19(7-2)17(12-13(3)4)14-10-8-9-11-15(14)18(5)16(17)20/h8-11,13H,6-7,12H2,1-5H3. The molecule has 1 aromatic carbocycles. The Morgan fingerprint density at radius 2 is 1.80 bits per heavy atom. The van der Waals surface area contributed by atoms with Crippen LogP contribution in [0.4, 0.5) is 5.69 Å². The molecule has 0 saturated carbocycles. The molecule has 1 aliphatic heterocycles. The average Bonchev–Trinajstić information content (AvgIpc) is 2.64. The molecular weight excluding hydrogens is 248 g/mol. The number of para-hydroxylation sites is 1. The van der Waals surface area contributed by atoms with Crippen LogP contribution in [0.2, 0.25) is 0 Å². The zero-order valence-corrected chi connectivity index (χ0v) is 13.3. The molecule has 3 heteroatoms. The molecule has 0 radical (unpaired) electrons. The number of carbonyl (C=O) groups is 1. The lowest BCUT2D eigenvalue weighted by Gasteiger charge is -2.40. The maximum absolute atomic E-state index is 13.1. The van der Waals surface area contributed by atoms with Gasteiger partial charge in [0.15, 0.2) is 0 Å². The fourth-order valence-electron chi connectivity index (χ4n) is 3.60. The topological polar surface area (TPSA) is 23.6 Å². The van der Waals surface area contributed by atoms with E-state index in [-0.39, 0.29) is 5.91 Å². The zero-order chi connectivity index (χ0) is 14.9. The van der Waals surface area contributed by atoms with Crippen LogP contribution in [0.5, 0.6) is 0 Å². The molecule has 1 unspecified atom stereocenters. The van der Waals surface area contributed by atoms with Gasteiger partial charge in [0.2, 0.25) is 0 Å². The Morgan fingerprint density at radius 1 is 1.20 bits per heavy atom. The fraction of sp³-hybridized carbons (Fsp3) is 0.588. The van der Waals surface area contributed by atoms with Gasteiger partial charge in [0, 0.05) is 18.3 Å². The lowest BCUT2D eigenvalue weighted by molar-refractivity contribution is -0.131. The van der Waals surface area contributed by atoms with Crippen LogP contribution in [0.25, 0.3) is 0 Å². The van der Waals surface area contributed by atoms with Gasteiger partial charge < -0.3 is 4.90 Å². The van der Waals surface area contributed by atoms with Crippen LogP contribution >= 0.6 is 0 Å². The number of likely N-dealkylation sites (N-methyl/N-ethyl adjacent to an activating group) is 2. The highest BCUT2D eigenvalue weighted by molar-refractivity contribution is 6.07. The predicted octanol–water partition coefficient (Wildman–Crippen LogP) is 3.25. The lowest BCUT2D eigenvalue weighted by Crippen LogP contribution is -2.53. The van der Waals surface area contributed by atoms with Crippen LogP contribution in [-0.2, 0) is 10.3 Å². The number of nitrogens with zero attached hydrogens (tertiary/aromatic N) is 2. The van der Waals surface area contributed by atoms with Gasteiger partial charge in [-0.15, -0.1) is 0 Å². The Labute approximate surface area is 122 Å². The van der Waals surface area contributed by atoms with Gasteiger partial charge in [-0.05, 0) is 31.5 Å². The third-order valence-corrected chi connectivity index (χ3v) is 4.38. The first kappa shape index (κ1) is 15.0. The van der Waals surface area contributed by atoms with Gasteiger partial charge in [-0.25, -0.2) is 0 Å². The molecule has 110 valence electrons. The zero-order valence-electron chi connectivity index (χ0n) is 13.3. The van der Waals surface area contributed by atoms with Crippen LogP contribution in [0.15, 0.2) is 24.3 Å². The molecule has 1 heterocycles. The largest absolute Gasteiger partial charge is 0.313 e. The van der Waals surface area contributed by atoms with Crippen LogP contribution in [0, 0.1) is 5.92 Å². The van der Waals surface area contributed by atoms with Crippen molar-refractivity contribution in [1.29, 1.82) is 0 Å². The van der Waals surface area contributed by atoms with Crippen molar-refractivity contribution in [3.8, 4) is 0 Å². The van der Waals surface area contributed by atoms with Gasteiger partial charge >= 0.3 is 0 Å². The molecule has 0 bridgehead atoms. The number of rotatable bonds is 5. The van der Waals surface area contributed by atoms with Gasteiger partial charge in [0.25, 0.3) is 5.91 Å². The summed E-state index contributed by atoms with van der Waals surface area (Å²) in [4.78, 5) is 17.2. The summed E-state index contributed by atoms with van der Waals surface area (Å²) in [7, 11) is 1.90. The fourth-order valence-corrected chi connectivity index (χ4v) is 3.60. The highest BCUT2D eigenvalue weighted by atomic mass is 16.2. The molecule has 2 rings (SSSR count). The van der Waals surface area contributed by atoms with E-state index in [0.29, 0.717) is 5.92 Å². The van der Waals surface area contributed by atoms with E-state index < -0.39 is 5.54 Å². The maximum Gasteiger partial charge on any atom is 0.251 e. The molecule has 0 fully saturated rings. The second-order valence-electron chi connectivity index (χ2n) is 6.01. The molecule has 0 saturated heterocycles. The second-order valence-corrected chi connectivity index (χ2v) is 6.01. The molecule has 0 aromatic heterocycles. The minimum Gasteiger partial charge on any atom is -0.313 e. The number of amides is 1. The van der Waals surface area contributed by atoms with Gasteiger partial charge in [0.1, 0.15) is 5.54 Å². The highest BCUT2D eigenvalue weighted by Crippen LogP contribution is 2.46. The highest BCUT2D eigenvalue weighted by Gasteiger charge is 2.52. The molecule has 20 heavy (non-hydrogen) atoms. The molecule has 0 N–H and O–H groups in total. The van der Waals surface area contributed by atoms with Crippen LogP contribution < -0.4 is 4.90 Å². The number of anilines is 1. The van der Waals surface area contributed by atoms with E-state index in [4.69, 9.17) is 0 Å². The molecular formula is C17H26N2O. The van der Waals surface area contributed by atoms with Crippen molar-refractivity contribution in [2.45, 2.75) is 39.7 Å². The SMILES string of the molecule is CCN(CC)C1(CC(C)C)C(=O)N(C)c2ccccc21. The molecule has 0 aliphatic carbocycles. The molecule has 0 spiro atoms. The minimum absolute atomic E-state index is 0.219. The third-order valence-electron chi connectivity index (χ3n) is 4.38. The Balaban J connectivity index is 2.64. The predicted molar refractivity (Wildman–Crippen MR) is 83.9 cm³/mol. The molecule has 1 aromatic rings. The number of carbonyl (C=O) groups excluding carboxylic acids is 1. The van der Waals surface area contributed by atoms with Crippen molar-refractivity contribution in [1.82, 2.24) is 4.90 Å². The van der Waals surface area contributed by atoms with Gasteiger partial charge in [-0.3, -0.25) is 9.69 Å². The first-order valence-electron chi connectivity index (χ1n) is 7.61. The quantitative estimate of drug-likeness (QED) is 0.823. The summed E-state index contributed by atoms with van der Waals surface area (Å²) >= 11 is 0.